The van der Waals surface area contributed by atoms with Gasteiger partial charge in [-0.25, -0.2) is 0 Å². The first kappa shape index (κ1) is 15.6. The van der Waals surface area contributed by atoms with E-state index in [0.29, 0.717) is 12.3 Å². The Morgan fingerprint density at radius 2 is 1.86 bits per heavy atom. The van der Waals surface area contributed by atoms with E-state index in [1.54, 1.807) is 6.07 Å². The molecule has 2 heteroatoms. The number of phenols is 1. The third kappa shape index (κ3) is 2.03. The first-order valence-corrected chi connectivity index (χ1v) is 8.58. The number of hydrogen-bond acceptors (Lipinski definition) is 2. The molecule has 1 fully saturated rings. The number of aromatic hydroxyl groups is 1. The Kier molecular flexibility index (Phi) is 3.43. The second-order valence-electron chi connectivity index (χ2n) is 8.52. The SMILES string of the molecule is CC(C)c1c(O)ccc2c1C(=O)CC1C(C)(C)CCCC21C. The summed E-state index contributed by atoms with van der Waals surface area (Å²) < 4.78 is 0. The molecule has 22 heavy (non-hydrogen) atoms. The minimum Gasteiger partial charge on any atom is -0.508 e. The number of Topliss-reactive ketones (excluding diaryl/α,β-unsaturated/α-hetero) is 1. The smallest absolute Gasteiger partial charge is 0.163 e. The van der Waals surface area contributed by atoms with Gasteiger partial charge in [0.25, 0.3) is 0 Å². The van der Waals surface area contributed by atoms with Gasteiger partial charge in [0.15, 0.2) is 5.78 Å². The van der Waals surface area contributed by atoms with Crippen LogP contribution in [0, 0.1) is 11.3 Å². The van der Waals surface area contributed by atoms with Crippen LogP contribution in [0.15, 0.2) is 12.1 Å². The molecule has 2 unspecified atom stereocenters. The molecule has 0 amide bonds. The molecular weight excluding hydrogens is 272 g/mol. The lowest BCUT2D eigenvalue weighted by atomic mass is 9.50. The molecule has 1 aromatic rings. The zero-order valence-electron chi connectivity index (χ0n) is 14.5. The number of benzene rings is 1. The average molecular weight is 300 g/mol. The Balaban J connectivity index is 2.26. The van der Waals surface area contributed by atoms with Gasteiger partial charge in [-0.3, -0.25) is 4.79 Å². The molecule has 1 N–H and O–H groups in total. The van der Waals surface area contributed by atoms with Gasteiger partial charge in [0, 0.05) is 17.5 Å². The maximum absolute atomic E-state index is 12.9. The molecule has 2 aliphatic rings. The van der Waals surface area contributed by atoms with Crippen molar-refractivity contribution in [2.45, 2.75) is 71.6 Å². The first-order valence-electron chi connectivity index (χ1n) is 8.58. The Hall–Kier alpha value is -1.31. The zero-order valence-corrected chi connectivity index (χ0v) is 14.5. The highest BCUT2D eigenvalue weighted by molar-refractivity contribution is 6.01. The summed E-state index contributed by atoms with van der Waals surface area (Å²) in [5, 5.41) is 10.3. The number of carbonyl (C=O) groups is 1. The summed E-state index contributed by atoms with van der Waals surface area (Å²) in [6, 6.07) is 3.82. The summed E-state index contributed by atoms with van der Waals surface area (Å²) in [6.07, 6.45) is 4.18. The maximum Gasteiger partial charge on any atom is 0.163 e. The molecule has 2 nitrogen and oxygen atoms in total. The van der Waals surface area contributed by atoms with Crippen LogP contribution < -0.4 is 0 Å². The lowest BCUT2D eigenvalue weighted by Crippen LogP contribution is -2.49. The number of fused-ring (bicyclic) bond motifs is 3. The molecule has 1 saturated carbocycles. The van der Waals surface area contributed by atoms with Crippen molar-refractivity contribution in [1.29, 1.82) is 0 Å². The molecule has 2 aliphatic carbocycles. The standard InChI is InChI=1S/C20H28O2/c1-12(2)17-14(21)8-7-13-18(17)15(22)11-16-19(3,4)9-6-10-20(13,16)5/h7-8,12,16,21H,6,9-11H2,1-5H3. The Labute approximate surface area is 133 Å². The predicted octanol–water partition coefficient (Wildman–Crippen LogP) is 5.19. The maximum atomic E-state index is 12.9. The zero-order chi connectivity index (χ0) is 16.3. The van der Waals surface area contributed by atoms with E-state index in [0.717, 1.165) is 17.5 Å². The number of hydrogen-bond donors (Lipinski definition) is 1. The van der Waals surface area contributed by atoms with Crippen LogP contribution in [0.1, 0.15) is 87.7 Å². The van der Waals surface area contributed by atoms with E-state index >= 15 is 0 Å². The Bertz CT molecular complexity index is 627. The normalized spacial score (nSPS) is 30.1. The summed E-state index contributed by atoms with van der Waals surface area (Å²) in [6.45, 7) is 11.1. The van der Waals surface area contributed by atoms with Crippen molar-refractivity contribution in [3.05, 3.63) is 28.8 Å². The molecule has 0 spiro atoms. The Morgan fingerprint density at radius 3 is 2.50 bits per heavy atom. The quantitative estimate of drug-likeness (QED) is 0.775. The van der Waals surface area contributed by atoms with Crippen molar-refractivity contribution < 1.29 is 9.90 Å². The highest BCUT2D eigenvalue weighted by Gasteiger charge is 2.52. The highest BCUT2D eigenvalue weighted by atomic mass is 16.3. The lowest BCUT2D eigenvalue weighted by molar-refractivity contribution is 0.0366. The largest absolute Gasteiger partial charge is 0.508 e. The van der Waals surface area contributed by atoms with Crippen LogP contribution in [0.25, 0.3) is 0 Å². The van der Waals surface area contributed by atoms with E-state index in [2.05, 4.69) is 34.6 Å². The van der Waals surface area contributed by atoms with Crippen LogP contribution in [0.2, 0.25) is 0 Å². The fourth-order valence-electron chi connectivity index (χ4n) is 5.20. The third-order valence-electron chi connectivity index (χ3n) is 6.31. The van der Waals surface area contributed by atoms with Crippen LogP contribution in [-0.4, -0.2) is 10.9 Å². The fourth-order valence-corrected chi connectivity index (χ4v) is 5.20. The van der Waals surface area contributed by atoms with Crippen molar-refractivity contribution in [2.24, 2.45) is 11.3 Å². The van der Waals surface area contributed by atoms with E-state index < -0.39 is 0 Å². The number of carbonyl (C=O) groups excluding carboxylic acids is 1. The molecule has 1 aromatic carbocycles. The second kappa shape index (κ2) is 4.84. The van der Waals surface area contributed by atoms with Crippen LogP contribution >= 0.6 is 0 Å². The lowest BCUT2D eigenvalue weighted by Gasteiger charge is -2.54. The second-order valence-corrected chi connectivity index (χ2v) is 8.52. The van der Waals surface area contributed by atoms with Gasteiger partial charge in [0.1, 0.15) is 5.75 Å². The van der Waals surface area contributed by atoms with E-state index in [4.69, 9.17) is 0 Å². The van der Waals surface area contributed by atoms with Crippen LogP contribution in [-0.2, 0) is 5.41 Å². The molecule has 3 rings (SSSR count). The van der Waals surface area contributed by atoms with E-state index in [1.807, 2.05) is 6.07 Å². The average Bonchev–Trinajstić information content (AvgIpc) is 2.40. The van der Waals surface area contributed by atoms with Crippen molar-refractivity contribution >= 4 is 5.78 Å². The molecule has 0 saturated heterocycles. The molecule has 0 aliphatic heterocycles. The monoisotopic (exact) mass is 300 g/mol. The summed E-state index contributed by atoms with van der Waals surface area (Å²) in [4.78, 5) is 12.9. The molecule has 0 bridgehead atoms. The van der Waals surface area contributed by atoms with Gasteiger partial charge in [-0.05, 0) is 47.1 Å². The molecule has 2 atom stereocenters. The van der Waals surface area contributed by atoms with E-state index in [-0.39, 0.29) is 28.3 Å². The minimum atomic E-state index is 0.0579. The van der Waals surface area contributed by atoms with Crippen LogP contribution in [0.5, 0.6) is 5.75 Å². The van der Waals surface area contributed by atoms with Gasteiger partial charge in [0.2, 0.25) is 0 Å². The van der Waals surface area contributed by atoms with Crippen LogP contribution in [0.3, 0.4) is 0 Å². The molecule has 120 valence electrons. The van der Waals surface area contributed by atoms with Gasteiger partial charge in [-0.1, -0.05) is 47.1 Å². The van der Waals surface area contributed by atoms with Gasteiger partial charge in [-0.2, -0.15) is 0 Å². The summed E-state index contributed by atoms with van der Waals surface area (Å²) in [7, 11) is 0. The number of phenolic OH excluding ortho intramolecular Hbond substituents is 1. The molecule has 0 heterocycles. The topological polar surface area (TPSA) is 37.3 Å². The number of ketones is 1. The van der Waals surface area contributed by atoms with Crippen molar-refractivity contribution in [2.75, 3.05) is 0 Å². The summed E-state index contributed by atoms with van der Waals surface area (Å²) in [5.74, 6) is 1.07. The van der Waals surface area contributed by atoms with Gasteiger partial charge >= 0.3 is 0 Å². The van der Waals surface area contributed by atoms with Crippen molar-refractivity contribution in [1.82, 2.24) is 0 Å². The molecule has 0 radical (unpaired) electrons. The highest BCUT2D eigenvalue weighted by Crippen LogP contribution is 2.58. The molecular formula is C20H28O2. The minimum absolute atomic E-state index is 0.0579. The van der Waals surface area contributed by atoms with Gasteiger partial charge in [0.05, 0.1) is 0 Å². The number of rotatable bonds is 1. The van der Waals surface area contributed by atoms with Gasteiger partial charge in [-0.15, -0.1) is 0 Å². The van der Waals surface area contributed by atoms with Crippen molar-refractivity contribution in [3.63, 3.8) is 0 Å². The summed E-state index contributed by atoms with van der Waals surface area (Å²) in [5.41, 5.74) is 3.12. The molecule has 0 aromatic heterocycles. The predicted molar refractivity (Wildman–Crippen MR) is 89.6 cm³/mol. The third-order valence-corrected chi connectivity index (χ3v) is 6.31. The Morgan fingerprint density at radius 1 is 1.18 bits per heavy atom. The van der Waals surface area contributed by atoms with Crippen molar-refractivity contribution in [3.8, 4) is 5.75 Å². The van der Waals surface area contributed by atoms with Crippen LogP contribution in [0.4, 0.5) is 0 Å². The van der Waals surface area contributed by atoms with Gasteiger partial charge < -0.3 is 5.11 Å². The summed E-state index contributed by atoms with van der Waals surface area (Å²) >= 11 is 0. The first-order chi connectivity index (χ1) is 10.2. The van der Waals surface area contributed by atoms with E-state index in [9.17, 15) is 9.90 Å². The fraction of sp³-hybridized carbons (Fsp3) is 0.650. The van der Waals surface area contributed by atoms with E-state index in [1.165, 1.54) is 18.4 Å².